The third-order valence-electron chi connectivity index (χ3n) is 8.87. The van der Waals surface area contributed by atoms with E-state index in [9.17, 15) is 9.59 Å². The highest BCUT2D eigenvalue weighted by atomic mass is 32.2. The van der Waals surface area contributed by atoms with E-state index in [0.29, 0.717) is 35.2 Å². The molecule has 5 rings (SSSR count). The fourth-order valence-corrected chi connectivity index (χ4v) is 8.63. The summed E-state index contributed by atoms with van der Waals surface area (Å²) in [5.74, 6) is 2.30. The molecule has 0 amide bonds. The molecular formula is C25H31NO2S. The number of hydrogen-bond acceptors (Lipinski definition) is 4. The molecule has 4 heteroatoms. The number of para-hydroxylation sites is 1. The van der Waals surface area contributed by atoms with Gasteiger partial charge in [0, 0.05) is 34.1 Å². The van der Waals surface area contributed by atoms with Crippen LogP contribution in [0.4, 0.5) is 5.69 Å². The average molecular weight is 410 g/mol. The zero-order chi connectivity index (χ0) is 20.4. The number of benzene rings is 1. The number of Topliss-reactive ketones (excluding diaryl/α,β-unsaturated/α-hetero) is 1. The number of nitrogens with two attached hydrogens (primary N) is 1. The molecule has 3 fully saturated rings. The molecule has 29 heavy (non-hydrogen) atoms. The van der Waals surface area contributed by atoms with E-state index in [0.717, 1.165) is 49.1 Å². The van der Waals surface area contributed by atoms with Gasteiger partial charge in [-0.2, -0.15) is 0 Å². The van der Waals surface area contributed by atoms with Crippen molar-refractivity contribution in [2.75, 3.05) is 5.73 Å². The Morgan fingerprint density at radius 1 is 1.00 bits per heavy atom. The van der Waals surface area contributed by atoms with Crippen LogP contribution in [0.2, 0.25) is 0 Å². The van der Waals surface area contributed by atoms with Crippen molar-refractivity contribution < 1.29 is 9.59 Å². The van der Waals surface area contributed by atoms with Gasteiger partial charge in [0.1, 0.15) is 5.78 Å². The van der Waals surface area contributed by atoms with Gasteiger partial charge in [-0.05, 0) is 73.5 Å². The van der Waals surface area contributed by atoms with Gasteiger partial charge in [-0.3, -0.25) is 9.59 Å². The summed E-state index contributed by atoms with van der Waals surface area (Å²) in [6.07, 6.45) is 8.46. The summed E-state index contributed by atoms with van der Waals surface area (Å²) >= 11 is 1.89. The van der Waals surface area contributed by atoms with Crippen molar-refractivity contribution in [1.29, 1.82) is 0 Å². The minimum Gasteiger partial charge on any atom is -0.398 e. The summed E-state index contributed by atoms with van der Waals surface area (Å²) in [5.41, 5.74) is 8.45. The standard InChI is InChI=1S/C25H31NO2S/c1-24-11-9-16(27)13-15(24)14-21(29-20-6-4-3-5-19(20)26)23-17-7-8-22(28)25(17,2)12-10-18(23)24/h3-6,13,17-18,21,23H,7-12,14,26H2,1-2H3/t17-,18-,21+,23-,24-,25-/m0/s1. The Morgan fingerprint density at radius 2 is 1.76 bits per heavy atom. The van der Waals surface area contributed by atoms with Gasteiger partial charge in [0.15, 0.2) is 5.78 Å². The molecule has 0 aromatic heterocycles. The van der Waals surface area contributed by atoms with E-state index in [1.165, 1.54) is 5.57 Å². The summed E-state index contributed by atoms with van der Waals surface area (Å²) in [6.45, 7) is 4.64. The monoisotopic (exact) mass is 409 g/mol. The SMILES string of the molecule is C[C@]12CCC(=O)C=C1C[C@@H](Sc1ccccc1N)[C@@H]1[C@@H]2CC[C@]2(C)C(=O)CC[C@@H]12. The number of ketones is 2. The van der Waals surface area contributed by atoms with Gasteiger partial charge < -0.3 is 5.73 Å². The van der Waals surface area contributed by atoms with Crippen LogP contribution in [0.1, 0.15) is 58.8 Å². The molecular weight excluding hydrogens is 378 g/mol. The van der Waals surface area contributed by atoms with Gasteiger partial charge in [-0.1, -0.05) is 31.6 Å². The Balaban J connectivity index is 1.58. The van der Waals surface area contributed by atoms with Gasteiger partial charge in [-0.25, -0.2) is 0 Å². The lowest BCUT2D eigenvalue weighted by Crippen LogP contribution is -2.54. The highest BCUT2D eigenvalue weighted by molar-refractivity contribution is 8.00. The van der Waals surface area contributed by atoms with Crippen molar-refractivity contribution in [2.24, 2.45) is 28.6 Å². The van der Waals surface area contributed by atoms with Crippen molar-refractivity contribution in [1.82, 2.24) is 0 Å². The number of anilines is 1. The molecule has 4 aliphatic carbocycles. The minimum atomic E-state index is -0.149. The smallest absolute Gasteiger partial charge is 0.155 e. The number of fused-ring (bicyclic) bond motifs is 5. The van der Waals surface area contributed by atoms with Crippen LogP contribution in [-0.2, 0) is 9.59 Å². The third-order valence-corrected chi connectivity index (χ3v) is 10.3. The Kier molecular flexibility index (Phi) is 4.51. The van der Waals surface area contributed by atoms with Crippen LogP contribution in [0.25, 0.3) is 0 Å². The highest BCUT2D eigenvalue weighted by Gasteiger charge is 2.61. The largest absolute Gasteiger partial charge is 0.398 e. The molecule has 6 atom stereocenters. The van der Waals surface area contributed by atoms with Crippen molar-refractivity contribution >= 4 is 29.0 Å². The molecule has 1 aromatic rings. The van der Waals surface area contributed by atoms with Crippen molar-refractivity contribution in [2.45, 2.75) is 68.9 Å². The van der Waals surface area contributed by atoms with Crippen LogP contribution in [0.5, 0.6) is 0 Å². The van der Waals surface area contributed by atoms with Crippen LogP contribution >= 0.6 is 11.8 Å². The lowest BCUT2D eigenvalue weighted by Gasteiger charge is -2.59. The quantitative estimate of drug-likeness (QED) is 0.661. The summed E-state index contributed by atoms with van der Waals surface area (Å²) in [6, 6.07) is 8.12. The normalized spacial score (nSPS) is 41.4. The van der Waals surface area contributed by atoms with Gasteiger partial charge in [0.05, 0.1) is 0 Å². The fourth-order valence-electron chi connectivity index (χ4n) is 7.14. The molecule has 0 unspecified atom stereocenters. The van der Waals surface area contributed by atoms with Crippen molar-refractivity contribution in [3.8, 4) is 0 Å². The number of nitrogen functional groups attached to an aromatic ring is 1. The lowest BCUT2D eigenvalue weighted by molar-refractivity contribution is -0.132. The highest BCUT2D eigenvalue weighted by Crippen LogP contribution is 2.66. The second kappa shape index (κ2) is 6.73. The second-order valence-electron chi connectivity index (χ2n) is 10.2. The number of hydrogen-bond donors (Lipinski definition) is 1. The van der Waals surface area contributed by atoms with Gasteiger partial charge in [0.25, 0.3) is 0 Å². The maximum Gasteiger partial charge on any atom is 0.155 e. The summed E-state index contributed by atoms with van der Waals surface area (Å²) in [5, 5.41) is 0.380. The number of allylic oxidation sites excluding steroid dienone is 1. The molecule has 0 radical (unpaired) electrons. The number of rotatable bonds is 2. The van der Waals surface area contributed by atoms with Crippen LogP contribution in [0.3, 0.4) is 0 Å². The van der Waals surface area contributed by atoms with E-state index in [4.69, 9.17) is 5.73 Å². The van der Waals surface area contributed by atoms with Crippen LogP contribution in [0.15, 0.2) is 40.8 Å². The Morgan fingerprint density at radius 3 is 2.55 bits per heavy atom. The minimum absolute atomic E-state index is 0.116. The molecule has 0 saturated heterocycles. The second-order valence-corrected chi connectivity index (χ2v) is 11.4. The zero-order valence-corrected chi connectivity index (χ0v) is 18.3. The number of carbonyl (C=O) groups excluding carboxylic acids is 2. The van der Waals surface area contributed by atoms with Gasteiger partial charge in [0.2, 0.25) is 0 Å². The molecule has 2 N–H and O–H groups in total. The molecule has 4 aliphatic rings. The zero-order valence-electron chi connectivity index (χ0n) is 17.4. The average Bonchev–Trinajstić information content (AvgIpc) is 3.00. The Bertz CT molecular complexity index is 908. The van der Waals surface area contributed by atoms with Crippen LogP contribution in [0, 0.1) is 28.6 Å². The predicted molar refractivity (Wildman–Crippen MR) is 118 cm³/mol. The van der Waals surface area contributed by atoms with E-state index in [1.807, 2.05) is 30.0 Å². The van der Waals surface area contributed by atoms with Crippen molar-refractivity contribution in [3.63, 3.8) is 0 Å². The molecule has 154 valence electrons. The third kappa shape index (κ3) is 2.85. The van der Waals surface area contributed by atoms with Gasteiger partial charge >= 0.3 is 0 Å². The topological polar surface area (TPSA) is 60.2 Å². The van der Waals surface area contributed by atoms with E-state index in [-0.39, 0.29) is 16.6 Å². The molecule has 3 nitrogen and oxygen atoms in total. The van der Waals surface area contributed by atoms with Crippen molar-refractivity contribution in [3.05, 3.63) is 35.9 Å². The number of thioether (sulfide) groups is 1. The Labute approximate surface area is 177 Å². The molecule has 3 saturated carbocycles. The molecule has 0 bridgehead atoms. The first-order chi connectivity index (χ1) is 13.8. The maximum atomic E-state index is 12.8. The predicted octanol–water partition coefficient (Wildman–Crippen LogP) is 5.44. The molecule has 0 spiro atoms. The lowest BCUT2D eigenvalue weighted by atomic mass is 9.47. The van der Waals surface area contributed by atoms with E-state index in [2.05, 4.69) is 26.0 Å². The Hall–Kier alpha value is -1.55. The molecule has 0 aliphatic heterocycles. The van der Waals surface area contributed by atoms with E-state index >= 15 is 0 Å². The fraction of sp³-hybridized carbons (Fsp3) is 0.600. The maximum absolute atomic E-state index is 12.8. The first-order valence-electron chi connectivity index (χ1n) is 11.1. The van der Waals surface area contributed by atoms with Crippen LogP contribution < -0.4 is 5.73 Å². The first kappa shape index (κ1) is 19.4. The molecule has 1 aromatic carbocycles. The van der Waals surface area contributed by atoms with Crippen LogP contribution in [-0.4, -0.2) is 16.8 Å². The summed E-state index contributed by atoms with van der Waals surface area (Å²) in [4.78, 5) is 26.3. The first-order valence-corrected chi connectivity index (χ1v) is 12.0. The number of carbonyl (C=O) groups is 2. The summed E-state index contributed by atoms with van der Waals surface area (Å²) < 4.78 is 0. The van der Waals surface area contributed by atoms with Gasteiger partial charge in [-0.15, -0.1) is 11.8 Å². The van der Waals surface area contributed by atoms with E-state index in [1.54, 1.807) is 0 Å². The molecule has 0 heterocycles. The van der Waals surface area contributed by atoms with E-state index < -0.39 is 0 Å². The summed E-state index contributed by atoms with van der Waals surface area (Å²) in [7, 11) is 0.